The van der Waals surface area contributed by atoms with Crippen molar-refractivity contribution >= 4 is 22.6 Å². The van der Waals surface area contributed by atoms with Crippen LogP contribution >= 0.6 is 0 Å². The van der Waals surface area contributed by atoms with Crippen LogP contribution in [0.15, 0.2) is 54.7 Å². The van der Waals surface area contributed by atoms with Gasteiger partial charge in [-0.3, -0.25) is 4.79 Å². The number of nitrogens with one attached hydrogen (secondary N) is 1. The average molecular weight is 335 g/mol. The Bertz CT molecular complexity index is 862. The van der Waals surface area contributed by atoms with E-state index in [0.29, 0.717) is 11.8 Å². The maximum atomic E-state index is 12.0. The zero-order chi connectivity index (χ0) is 17.6. The molecule has 5 heteroatoms. The Balaban J connectivity index is 1.56. The van der Waals surface area contributed by atoms with E-state index in [1.165, 1.54) is 11.8 Å². The molecule has 0 aliphatic rings. The molecule has 3 aromatic rings. The van der Waals surface area contributed by atoms with Crippen LogP contribution in [0.25, 0.3) is 11.0 Å². The molecule has 0 saturated carbocycles. The minimum Gasteiger partial charge on any atom is -0.466 e. The summed E-state index contributed by atoms with van der Waals surface area (Å²) in [5.41, 5.74) is 3.55. The van der Waals surface area contributed by atoms with Crippen LogP contribution in [0.4, 0.5) is 5.69 Å². The van der Waals surface area contributed by atoms with Crippen molar-refractivity contribution in [2.75, 3.05) is 11.9 Å². The molecule has 0 unspecified atom stereocenters. The van der Waals surface area contributed by atoms with Crippen molar-refractivity contribution in [3.63, 3.8) is 0 Å². The van der Waals surface area contributed by atoms with Gasteiger partial charge in [-0.05, 0) is 42.2 Å². The summed E-state index contributed by atoms with van der Waals surface area (Å²) in [6, 6.07) is 15.4. The molecule has 2 aromatic carbocycles. The van der Waals surface area contributed by atoms with Crippen LogP contribution in [0, 0.1) is 0 Å². The van der Waals surface area contributed by atoms with E-state index in [4.69, 9.17) is 4.74 Å². The molecule has 0 spiro atoms. The first-order chi connectivity index (χ1) is 12.2. The Labute approximate surface area is 147 Å². The number of benzene rings is 2. The van der Waals surface area contributed by atoms with Crippen LogP contribution in [0.5, 0.6) is 5.88 Å². The summed E-state index contributed by atoms with van der Waals surface area (Å²) in [5.74, 6) is 0.617. The Hall–Kier alpha value is -2.95. The van der Waals surface area contributed by atoms with E-state index in [9.17, 15) is 4.79 Å². The molecular formula is C20H21N3O2. The van der Waals surface area contributed by atoms with Gasteiger partial charge in [-0.15, -0.1) is 0 Å². The molecule has 1 amide bonds. The van der Waals surface area contributed by atoms with Gasteiger partial charge in [0.2, 0.25) is 5.88 Å². The van der Waals surface area contributed by atoms with E-state index in [0.717, 1.165) is 23.1 Å². The second-order valence-electron chi connectivity index (χ2n) is 5.97. The number of hydrogen-bond acceptors (Lipinski definition) is 4. The van der Waals surface area contributed by atoms with Gasteiger partial charge in [-0.1, -0.05) is 38.1 Å². The van der Waals surface area contributed by atoms with Crippen LogP contribution in [0.2, 0.25) is 0 Å². The monoisotopic (exact) mass is 335 g/mol. The highest BCUT2D eigenvalue weighted by Crippen LogP contribution is 2.20. The van der Waals surface area contributed by atoms with Crippen molar-refractivity contribution in [2.24, 2.45) is 0 Å². The lowest BCUT2D eigenvalue weighted by atomic mass is 9.99. The highest BCUT2D eigenvalue weighted by atomic mass is 16.5. The number of nitrogens with zero attached hydrogens (tertiary/aromatic N) is 2. The molecule has 0 bridgehead atoms. The zero-order valence-electron chi connectivity index (χ0n) is 14.4. The van der Waals surface area contributed by atoms with Gasteiger partial charge in [0, 0.05) is 5.69 Å². The zero-order valence-corrected chi connectivity index (χ0v) is 14.4. The average Bonchev–Trinajstić information content (AvgIpc) is 2.66. The van der Waals surface area contributed by atoms with Gasteiger partial charge in [0.05, 0.1) is 17.2 Å². The molecule has 0 aliphatic heterocycles. The van der Waals surface area contributed by atoms with Crippen molar-refractivity contribution in [3.05, 3.63) is 60.3 Å². The van der Waals surface area contributed by atoms with Crippen molar-refractivity contribution in [1.29, 1.82) is 0 Å². The number of aromatic nitrogens is 2. The summed E-state index contributed by atoms with van der Waals surface area (Å²) in [6.07, 6.45) is 2.61. The summed E-state index contributed by atoms with van der Waals surface area (Å²) in [6.45, 7) is 4.24. The molecule has 0 saturated heterocycles. The first kappa shape index (κ1) is 16.9. The molecule has 3 rings (SSSR count). The third-order valence-corrected chi connectivity index (χ3v) is 4.15. The number of para-hydroxylation sites is 2. The third kappa shape index (κ3) is 4.32. The molecule has 5 nitrogen and oxygen atoms in total. The van der Waals surface area contributed by atoms with Gasteiger partial charge in [0.25, 0.3) is 5.91 Å². The van der Waals surface area contributed by atoms with Crippen molar-refractivity contribution in [2.45, 2.75) is 26.2 Å². The number of ether oxygens (including phenoxy) is 1. The highest BCUT2D eigenvalue weighted by molar-refractivity contribution is 5.91. The molecule has 0 radical (unpaired) electrons. The Kier molecular flexibility index (Phi) is 5.23. The topological polar surface area (TPSA) is 64.1 Å². The van der Waals surface area contributed by atoms with Gasteiger partial charge in [0.15, 0.2) is 6.61 Å². The standard InChI is InChI=1S/C20H21N3O2/c1-3-14(2)15-8-10-16(11-9-15)22-19(24)13-25-20-12-21-17-6-4-5-7-18(17)23-20/h4-12,14H,3,13H2,1-2H3,(H,22,24)/t14-/m1/s1. The van der Waals surface area contributed by atoms with Gasteiger partial charge in [0.1, 0.15) is 0 Å². The Morgan fingerprint density at radius 3 is 2.56 bits per heavy atom. The van der Waals surface area contributed by atoms with Crippen LogP contribution < -0.4 is 10.1 Å². The van der Waals surface area contributed by atoms with Gasteiger partial charge in [-0.2, -0.15) is 0 Å². The summed E-state index contributed by atoms with van der Waals surface area (Å²) < 4.78 is 5.44. The SMILES string of the molecule is CC[C@@H](C)c1ccc(NC(=O)COc2cnc3ccccc3n2)cc1. The second-order valence-corrected chi connectivity index (χ2v) is 5.97. The van der Waals surface area contributed by atoms with Crippen molar-refractivity contribution < 1.29 is 9.53 Å². The van der Waals surface area contributed by atoms with E-state index in [1.807, 2.05) is 48.5 Å². The fraction of sp³-hybridized carbons (Fsp3) is 0.250. The fourth-order valence-electron chi connectivity index (χ4n) is 2.48. The van der Waals surface area contributed by atoms with E-state index in [1.54, 1.807) is 0 Å². The molecule has 1 aromatic heterocycles. The highest BCUT2D eigenvalue weighted by Gasteiger charge is 2.07. The smallest absolute Gasteiger partial charge is 0.262 e. The second kappa shape index (κ2) is 7.75. The predicted molar refractivity (Wildman–Crippen MR) is 98.8 cm³/mol. The van der Waals surface area contributed by atoms with Gasteiger partial charge < -0.3 is 10.1 Å². The number of hydrogen-bond donors (Lipinski definition) is 1. The normalized spacial score (nSPS) is 11.9. The first-order valence-electron chi connectivity index (χ1n) is 8.40. The first-order valence-corrected chi connectivity index (χ1v) is 8.40. The number of rotatable bonds is 6. The molecule has 0 fully saturated rings. The molecule has 128 valence electrons. The molecule has 1 atom stereocenters. The van der Waals surface area contributed by atoms with Gasteiger partial charge >= 0.3 is 0 Å². The van der Waals surface area contributed by atoms with Crippen LogP contribution in [-0.4, -0.2) is 22.5 Å². The maximum Gasteiger partial charge on any atom is 0.262 e. The van der Waals surface area contributed by atoms with Crippen LogP contribution in [0.3, 0.4) is 0 Å². The Morgan fingerprint density at radius 2 is 1.84 bits per heavy atom. The number of fused-ring (bicyclic) bond motifs is 1. The predicted octanol–water partition coefficient (Wildman–Crippen LogP) is 4.16. The van der Waals surface area contributed by atoms with E-state index in [-0.39, 0.29) is 12.5 Å². The molecule has 1 heterocycles. The third-order valence-electron chi connectivity index (χ3n) is 4.15. The van der Waals surface area contributed by atoms with E-state index < -0.39 is 0 Å². The van der Waals surface area contributed by atoms with Crippen molar-refractivity contribution in [1.82, 2.24) is 9.97 Å². The van der Waals surface area contributed by atoms with Crippen LogP contribution in [0.1, 0.15) is 31.7 Å². The number of carbonyl (C=O) groups excluding carboxylic acids is 1. The number of carbonyl (C=O) groups is 1. The lowest BCUT2D eigenvalue weighted by Crippen LogP contribution is -2.20. The minimum atomic E-state index is -0.230. The van der Waals surface area contributed by atoms with Crippen molar-refractivity contribution in [3.8, 4) is 5.88 Å². The Morgan fingerprint density at radius 1 is 1.12 bits per heavy atom. The van der Waals surface area contributed by atoms with Gasteiger partial charge in [-0.25, -0.2) is 9.97 Å². The van der Waals surface area contributed by atoms with E-state index in [2.05, 4.69) is 29.1 Å². The maximum absolute atomic E-state index is 12.0. The number of anilines is 1. The van der Waals surface area contributed by atoms with Crippen LogP contribution in [-0.2, 0) is 4.79 Å². The summed E-state index contributed by atoms with van der Waals surface area (Å²) in [7, 11) is 0. The molecular weight excluding hydrogens is 314 g/mol. The number of amides is 1. The lowest BCUT2D eigenvalue weighted by molar-refractivity contribution is -0.118. The summed E-state index contributed by atoms with van der Waals surface area (Å²) in [4.78, 5) is 20.6. The minimum absolute atomic E-state index is 0.111. The lowest BCUT2D eigenvalue weighted by Gasteiger charge is -2.11. The fourth-order valence-corrected chi connectivity index (χ4v) is 2.48. The van der Waals surface area contributed by atoms with E-state index >= 15 is 0 Å². The summed E-state index contributed by atoms with van der Waals surface area (Å²) >= 11 is 0. The molecule has 0 aliphatic carbocycles. The molecule has 25 heavy (non-hydrogen) atoms. The quantitative estimate of drug-likeness (QED) is 0.734. The molecule has 1 N–H and O–H groups in total. The largest absolute Gasteiger partial charge is 0.466 e. The summed E-state index contributed by atoms with van der Waals surface area (Å²) in [5, 5.41) is 2.82.